The van der Waals surface area contributed by atoms with Crippen molar-refractivity contribution in [2.45, 2.75) is 51.0 Å². The van der Waals surface area contributed by atoms with E-state index in [9.17, 15) is 4.79 Å². The molecular weight excluding hydrogens is 369 g/mol. The maximum absolute atomic E-state index is 12.4. The number of carbonyl (C=O) groups is 1. The number of thiazole rings is 1. The first-order valence-electron chi connectivity index (χ1n) is 8.01. The van der Waals surface area contributed by atoms with E-state index < -0.39 is 0 Å². The van der Waals surface area contributed by atoms with Gasteiger partial charge in [0.15, 0.2) is 0 Å². The van der Waals surface area contributed by atoms with E-state index in [1.165, 1.54) is 5.01 Å². The van der Waals surface area contributed by atoms with Gasteiger partial charge in [-0.25, -0.2) is 4.98 Å². The van der Waals surface area contributed by atoms with Gasteiger partial charge in [0, 0.05) is 38.0 Å². The molecule has 8 heteroatoms. The molecule has 2 atom stereocenters. The average Bonchev–Trinajstić information content (AvgIpc) is 3.02. The molecule has 2 heterocycles. The summed E-state index contributed by atoms with van der Waals surface area (Å²) in [5.41, 5.74) is 6.76. The fourth-order valence-electron chi connectivity index (χ4n) is 2.75. The van der Waals surface area contributed by atoms with Gasteiger partial charge in [0.1, 0.15) is 0 Å². The highest BCUT2D eigenvalue weighted by Gasteiger charge is 2.27. The van der Waals surface area contributed by atoms with Gasteiger partial charge in [-0.05, 0) is 18.8 Å². The van der Waals surface area contributed by atoms with Gasteiger partial charge >= 0.3 is 0 Å². The number of hydrogen-bond acceptors (Lipinski definition) is 5. The molecule has 1 aliphatic heterocycles. The van der Waals surface area contributed by atoms with E-state index in [0.717, 1.165) is 31.6 Å². The zero-order valence-electron chi connectivity index (χ0n) is 14.6. The molecule has 2 unspecified atom stereocenters. The topological polar surface area (TPSA) is 68.5 Å². The van der Waals surface area contributed by atoms with Crippen LogP contribution >= 0.6 is 36.2 Å². The van der Waals surface area contributed by atoms with Crippen LogP contribution in [-0.4, -0.2) is 48.6 Å². The number of ether oxygens (including phenoxy) is 1. The Morgan fingerprint density at radius 1 is 1.50 bits per heavy atom. The van der Waals surface area contributed by atoms with Crippen LogP contribution in [0, 0.1) is 0 Å². The normalized spacial score (nSPS) is 18.7. The standard InChI is InChI=1S/C16H27N3O2S.2ClH/c1-11(2)14-10-22-16(18-14)12-5-4-6-19(9-12)15(20)7-13(8-17)21-3;;/h10-13H,4-9,17H2,1-3H3;2*1H. The van der Waals surface area contributed by atoms with Crippen LogP contribution < -0.4 is 5.73 Å². The molecule has 0 spiro atoms. The number of hydrogen-bond donors (Lipinski definition) is 1. The number of aromatic nitrogens is 1. The molecule has 1 amide bonds. The number of rotatable bonds is 6. The molecule has 5 nitrogen and oxygen atoms in total. The predicted octanol–water partition coefficient (Wildman–Crippen LogP) is 3.18. The lowest BCUT2D eigenvalue weighted by Crippen LogP contribution is -2.41. The van der Waals surface area contributed by atoms with Gasteiger partial charge in [0.25, 0.3) is 0 Å². The quantitative estimate of drug-likeness (QED) is 0.799. The molecule has 0 bridgehead atoms. The molecule has 2 N–H and O–H groups in total. The van der Waals surface area contributed by atoms with Crippen LogP contribution in [0.3, 0.4) is 0 Å². The van der Waals surface area contributed by atoms with Gasteiger partial charge in [-0.2, -0.15) is 0 Å². The Bertz CT molecular complexity index is 495. The van der Waals surface area contributed by atoms with E-state index in [2.05, 4.69) is 19.2 Å². The fourth-order valence-corrected chi connectivity index (χ4v) is 3.85. The lowest BCUT2D eigenvalue weighted by atomic mass is 9.98. The number of nitrogens with zero attached hydrogens (tertiary/aromatic N) is 2. The Kier molecular flexibility index (Phi) is 11.1. The summed E-state index contributed by atoms with van der Waals surface area (Å²) in [5.74, 6) is 0.968. The minimum absolute atomic E-state index is 0. The fraction of sp³-hybridized carbons (Fsp3) is 0.750. The van der Waals surface area contributed by atoms with Crippen LogP contribution in [0.1, 0.15) is 55.6 Å². The molecule has 0 aromatic carbocycles. The van der Waals surface area contributed by atoms with E-state index in [1.54, 1.807) is 18.4 Å². The van der Waals surface area contributed by atoms with Crippen LogP contribution in [0.25, 0.3) is 0 Å². The second-order valence-corrected chi connectivity index (χ2v) is 7.13. The third kappa shape index (κ3) is 6.15. The Morgan fingerprint density at radius 3 is 2.75 bits per heavy atom. The molecule has 0 radical (unpaired) electrons. The molecule has 1 aromatic rings. The average molecular weight is 398 g/mol. The van der Waals surface area contributed by atoms with Gasteiger partial charge in [-0.15, -0.1) is 36.2 Å². The van der Waals surface area contributed by atoms with Gasteiger partial charge in [-0.1, -0.05) is 13.8 Å². The number of piperidine rings is 1. The van der Waals surface area contributed by atoms with Crippen molar-refractivity contribution in [1.82, 2.24) is 9.88 Å². The summed E-state index contributed by atoms with van der Waals surface area (Å²) in [6.45, 7) is 6.30. The van der Waals surface area contributed by atoms with Gasteiger partial charge in [0.2, 0.25) is 5.91 Å². The summed E-state index contributed by atoms with van der Waals surface area (Å²) >= 11 is 1.73. The number of carbonyl (C=O) groups excluding carboxylic acids is 1. The summed E-state index contributed by atoms with van der Waals surface area (Å²) in [4.78, 5) is 19.1. The first-order chi connectivity index (χ1) is 10.5. The van der Waals surface area contributed by atoms with E-state index in [-0.39, 0.29) is 36.8 Å². The van der Waals surface area contributed by atoms with Crippen molar-refractivity contribution in [3.8, 4) is 0 Å². The lowest BCUT2D eigenvalue weighted by Gasteiger charge is -2.32. The van der Waals surface area contributed by atoms with Crippen LogP contribution in [0.4, 0.5) is 0 Å². The van der Waals surface area contributed by atoms with Crippen molar-refractivity contribution in [1.29, 1.82) is 0 Å². The summed E-state index contributed by atoms with van der Waals surface area (Å²) in [6, 6.07) is 0. The largest absolute Gasteiger partial charge is 0.380 e. The lowest BCUT2D eigenvalue weighted by molar-refractivity contribution is -0.134. The highest BCUT2D eigenvalue weighted by molar-refractivity contribution is 7.09. The molecule has 0 aliphatic carbocycles. The van der Waals surface area contributed by atoms with E-state index >= 15 is 0 Å². The number of methoxy groups -OCH3 is 1. The highest BCUT2D eigenvalue weighted by atomic mass is 35.5. The smallest absolute Gasteiger partial charge is 0.225 e. The molecule has 1 aromatic heterocycles. The second-order valence-electron chi connectivity index (χ2n) is 6.24. The molecule has 1 saturated heterocycles. The SMILES string of the molecule is COC(CN)CC(=O)N1CCCC(c2nc(C(C)C)cs2)C1.Cl.Cl. The Morgan fingerprint density at radius 2 is 2.21 bits per heavy atom. The molecular formula is C16H29Cl2N3O2S. The van der Waals surface area contributed by atoms with Crippen molar-refractivity contribution in [2.24, 2.45) is 5.73 Å². The van der Waals surface area contributed by atoms with Crippen molar-refractivity contribution in [2.75, 3.05) is 26.7 Å². The van der Waals surface area contributed by atoms with E-state index in [4.69, 9.17) is 15.5 Å². The first-order valence-corrected chi connectivity index (χ1v) is 8.89. The maximum Gasteiger partial charge on any atom is 0.225 e. The molecule has 2 rings (SSSR count). The molecule has 24 heavy (non-hydrogen) atoms. The summed E-state index contributed by atoms with van der Waals surface area (Å²) in [7, 11) is 1.60. The predicted molar refractivity (Wildman–Crippen MR) is 104 cm³/mol. The van der Waals surface area contributed by atoms with Crippen molar-refractivity contribution in [3.63, 3.8) is 0 Å². The monoisotopic (exact) mass is 397 g/mol. The molecule has 140 valence electrons. The summed E-state index contributed by atoms with van der Waals surface area (Å²) in [6.07, 6.45) is 2.34. The minimum atomic E-state index is -0.180. The first kappa shape index (κ1) is 23.6. The van der Waals surface area contributed by atoms with Crippen LogP contribution in [0.15, 0.2) is 5.38 Å². The summed E-state index contributed by atoms with van der Waals surface area (Å²) in [5, 5.41) is 3.32. The third-order valence-corrected chi connectivity index (χ3v) is 5.28. The van der Waals surface area contributed by atoms with Gasteiger partial charge < -0.3 is 15.4 Å². The van der Waals surface area contributed by atoms with Crippen LogP contribution in [-0.2, 0) is 9.53 Å². The second kappa shape index (κ2) is 11.3. The third-order valence-electron chi connectivity index (χ3n) is 4.25. The Balaban J connectivity index is 0.00000264. The molecule has 1 fully saturated rings. The zero-order chi connectivity index (χ0) is 16.1. The summed E-state index contributed by atoms with van der Waals surface area (Å²) < 4.78 is 5.22. The number of likely N-dealkylation sites (tertiary alicyclic amines) is 1. The van der Waals surface area contributed by atoms with Crippen molar-refractivity contribution >= 4 is 42.1 Å². The highest BCUT2D eigenvalue weighted by Crippen LogP contribution is 2.31. The van der Waals surface area contributed by atoms with E-state index in [0.29, 0.717) is 24.8 Å². The number of amides is 1. The van der Waals surface area contributed by atoms with Crippen LogP contribution in [0.5, 0.6) is 0 Å². The van der Waals surface area contributed by atoms with Gasteiger partial charge in [0.05, 0.1) is 23.2 Å². The Labute approximate surface area is 161 Å². The Hall–Kier alpha value is -0.400. The van der Waals surface area contributed by atoms with Crippen LogP contribution in [0.2, 0.25) is 0 Å². The van der Waals surface area contributed by atoms with Gasteiger partial charge in [-0.3, -0.25) is 4.79 Å². The van der Waals surface area contributed by atoms with Crippen molar-refractivity contribution in [3.05, 3.63) is 16.1 Å². The van der Waals surface area contributed by atoms with Crippen molar-refractivity contribution < 1.29 is 9.53 Å². The number of halogens is 2. The number of nitrogens with two attached hydrogens (primary N) is 1. The zero-order valence-corrected chi connectivity index (χ0v) is 17.0. The molecule has 0 saturated carbocycles. The maximum atomic E-state index is 12.4. The minimum Gasteiger partial charge on any atom is -0.380 e. The molecule has 1 aliphatic rings. The van der Waals surface area contributed by atoms with E-state index in [1.807, 2.05) is 4.90 Å².